The van der Waals surface area contributed by atoms with Crippen LogP contribution in [-0.2, 0) is 0 Å². The molecule has 1 rings (SSSR count). The molecule has 1 aliphatic heterocycles. The van der Waals surface area contributed by atoms with Crippen molar-refractivity contribution >= 4 is 0 Å². The molecule has 0 amide bonds. The van der Waals surface area contributed by atoms with Crippen molar-refractivity contribution in [2.45, 2.75) is 97.7 Å². The first-order valence-electron chi connectivity index (χ1n) is 8.76. The highest BCUT2D eigenvalue weighted by Gasteiger charge is 2.37. The van der Waals surface area contributed by atoms with Crippen LogP contribution in [0, 0.1) is 5.92 Å². The minimum absolute atomic E-state index is 0.245. The van der Waals surface area contributed by atoms with E-state index in [1.165, 1.54) is 37.7 Å². The van der Waals surface area contributed by atoms with Crippen molar-refractivity contribution in [2.24, 2.45) is 5.92 Å². The highest BCUT2D eigenvalue weighted by atomic mass is 15.1. The molecule has 0 bridgehead atoms. The molecule has 1 fully saturated rings. The highest BCUT2D eigenvalue weighted by Crippen LogP contribution is 2.28. The monoisotopic (exact) mass is 294 g/mol. The molecular weight excluding hydrogens is 256 g/mol. The molecule has 0 aliphatic carbocycles. The third-order valence-corrected chi connectivity index (χ3v) is 4.47. The Kier molecular flexibility index (Phi) is 6.93. The van der Waals surface area contributed by atoms with Gasteiger partial charge < -0.3 is 10.6 Å². The maximum atomic E-state index is 3.81. The molecule has 1 heterocycles. The van der Waals surface area contributed by atoms with E-state index in [1.807, 2.05) is 0 Å². The molecule has 0 unspecified atom stereocenters. The summed E-state index contributed by atoms with van der Waals surface area (Å²) in [4.78, 5) is 0. The summed E-state index contributed by atoms with van der Waals surface area (Å²) in [5.74, 6) is 0.816. The van der Waals surface area contributed by atoms with Crippen LogP contribution in [0.15, 0.2) is 11.6 Å². The van der Waals surface area contributed by atoms with Crippen molar-refractivity contribution < 1.29 is 0 Å². The molecular formula is C19H38N2. The third kappa shape index (κ3) is 8.01. The molecule has 2 heteroatoms. The Balaban J connectivity index is 2.27. The van der Waals surface area contributed by atoms with E-state index in [2.05, 4.69) is 65.2 Å². The molecule has 0 spiro atoms. The minimum atomic E-state index is 0.245. The van der Waals surface area contributed by atoms with Gasteiger partial charge >= 0.3 is 0 Å². The average Bonchev–Trinajstić information content (AvgIpc) is 2.23. The van der Waals surface area contributed by atoms with Crippen LogP contribution in [0.5, 0.6) is 0 Å². The van der Waals surface area contributed by atoms with E-state index in [1.54, 1.807) is 0 Å². The summed E-state index contributed by atoms with van der Waals surface area (Å²) >= 11 is 0. The Labute approximate surface area is 133 Å². The van der Waals surface area contributed by atoms with Crippen molar-refractivity contribution in [3.8, 4) is 0 Å². The highest BCUT2D eigenvalue weighted by molar-refractivity contribution is 4.99. The SMILES string of the molecule is CC(C)=CCC[C@@H](C)CCNC1CC(C)(C)NC(C)(C)C1. The molecule has 0 saturated carbocycles. The molecule has 0 aromatic heterocycles. The normalized spacial score (nSPS) is 22.8. The fourth-order valence-electron chi connectivity index (χ4n) is 3.80. The van der Waals surface area contributed by atoms with E-state index in [0.29, 0.717) is 6.04 Å². The molecule has 21 heavy (non-hydrogen) atoms. The van der Waals surface area contributed by atoms with Crippen LogP contribution in [0.3, 0.4) is 0 Å². The van der Waals surface area contributed by atoms with Gasteiger partial charge in [0.25, 0.3) is 0 Å². The lowest BCUT2D eigenvalue weighted by Gasteiger charge is -2.46. The first-order valence-corrected chi connectivity index (χ1v) is 8.76. The first kappa shape index (κ1) is 18.7. The smallest absolute Gasteiger partial charge is 0.0144 e. The number of hydrogen-bond acceptors (Lipinski definition) is 2. The summed E-state index contributed by atoms with van der Waals surface area (Å²) < 4.78 is 0. The maximum absolute atomic E-state index is 3.81. The van der Waals surface area contributed by atoms with Gasteiger partial charge in [-0.05, 0) is 86.1 Å². The molecule has 1 aliphatic rings. The zero-order chi connectivity index (χ0) is 16.1. The molecule has 1 atom stereocenters. The number of piperidine rings is 1. The van der Waals surface area contributed by atoms with Gasteiger partial charge in [-0.2, -0.15) is 0 Å². The fraction of sp³-hybridized carbons (Fsp3) is 0.895. The van der Waals surface area contributed by atoms with Gasteiger partial charge in [0.05, 0.1) is 0 Å². The van der Waals surface area contributed by atoms with Crippen LogP contribution in [0.25, 0.3) is 0 Å². The summed E-state index contributed by atoms with van der Waals surface area (Å²) in [7, 11) is 0. The van der Waals surface area contributed by atoms with E-state index in [0.717, 1.165) is 12.5 Å². The van der Waals surface area contributed by atoms with E-state index < -0.39 is 0 Å². The van der Waals surface area contributed by atoms with Gasteiger partial charge in [-0.3, -0.25) is 0 Å². The largest absolute Gasteiger partial charge is 0.314 e. The van der Waals surface area contributed by atoms with Crippen LogP contribution < -0.4 is 10.6 Å². The molecule has 1 saturated heterocycles. The van der Waals surface area contributed by atoms with Crippen LogP contribution in [-0.4, -0.2) is 23.7 Å². The summed E-state index contributed by atoms with van der Waals surface area (Å²) in [5.41, 5.74) is 1.93. The van der Waals surface area contributed by atoms with Crippen LogP contribution in [0.1, 0.15) is 80.6 Å². The topological polar surface area (TPSA) is 24.1 Å². The zero-order valence-electron chi connectivity index (χ0n) is 15.5. The number of hydrogen-bond donors (Lipinski definition) is 2. The lowest BCUT2D eigenvalue weighted by atomic mass is 9.79. The Hall–Kier alpha value is -0.340. The minimum Gasteiger partial charge on any atom is -0.314 e. The van der Waals surface area contributed by atoms with Gasteiger partial charge in [0.15, 0.2) is 0 Å². The second-order valence-electron chi connectivity index (χ2n) is 8.70. The van der Waals surface area contributed by atoms with Gasteiger partial charge in [-0.25, -0.2) is 0 Å². The number of allylic oxidation sites excluding steroid dienone is 2. The zero-order valence-corrected chi connectivity index (χ0v) is 15.5. The Morgan fingerprint density at radius 3 is 2.24 bits per heavy atom. The van der Waals surface area contributed by atoms with Crippen LogP contribution >= 0.6 is 0 Å². The van der Waals surface area contributed by atoms with Gasteiger partial charge in [0, 0.05) is 17.1 Å². The Morgan fingerprint density at radius 2 is 1.71 bits per heavy atom. The van der Waals surface area contributed by atoms with Crippen molar-refractivity contribution in [1.29, 1.82) is 0 Å². The maximum Gasteiger partial charge on any atom is 0.0144 e. The van der Waals surface area contributed by atoms with Crippen molar-refractivity contribution in [3.63, 3.8) is 0 Å². The molecule has 0 aromatic carbocycles. The standard InChI is InChI=1S/C19H38N2/c1-15(2)9-8-10-16(3)11-12-20-17-13-18(4,5)21-19(6,7)14-17/h9,16-17,20-21H,8,10-14H2,1-7H3/t16-/m1/s1. The van der Waals surface area contributed by atoms with Crippen molar-refractivity contribution in [2.75, 3.05) is 6.54 Å². The van der Waals surface area contributed by atoms with Gasteiger partial charge in [0.1, 0.15) is 0 Å². The molecule has 124 valence electrons. The summed E-state index contributed by atoms with van der Waals surface area (Å²) in [5, 5.41) is 7.56. The average molecular weight is 295 g/mol. The molecule has 0 aromatic rings. The number of nitrogens with one attached hydrogen (secondary N) is 2. The summed E-state index contributed by atoms with van der Waals surface area (Å²) in [6, 6.07) is 0.654. The van der Waals surface area contributed by atoms with E-state index in [9.17, 15) is 0 Å². The van der Waals surface area contributed by atoms with Gasteiger partial charge in [-0.1, -0.05) is 18.6 Å². The van der Waals surface area contributed by atoms with E-state index in [-0.39, 0.29) is 11.1 Å². The second-order valence-corrected chi connectivity index (χ2v) is 8.70. The van der Waals surface area contributed by atoms with Crippen LogP contribution in [0.4, 0.5) is 0 Å². The van der Waals surface area contributed by atoms with Gasteiger partial charge in [-0.15, -0.1) is 0 Å². The predicted molar refractivity (Wildman–Crippen MR) is 94.8 cm³/mol. The summed E-state index contributed by atoms with van der Waals surface area (Å²) in [6.45, 7) is 17.2. The number of rotatable bonds is 7. The quantitative estimate of drug-likeness (QED) is 0.667. The molecule has 2 N–H and O–H groups in total. The van der Waals surface area contributed by atoms with Crippen molar-refractivity contribution in [3.05, 3.63) is 11.6 Å². The van der Waals surface area contributed by atoms with Crippen molar-refractivity contribution in [1.82, 2.24) is 10.6 Å². The van der Waals surface area contributed by atoms with Crippen LogP contribution in [0.2, 0.25) is 0 Å². The van der Waals surface area contributed by atoms with E-state index >= 15 is 0 Å². The fourth-order valence-corrected chi connectivity index (χ4v) is 3.80. The third-order valence-electron chi connectivity index (χ3n) is 4.47. The lowest BCUT2D eigenvalue weighted by molar-refractivity contribution is 0.145. The Bertz CT molecular complexity index is 321. The predicted octanol–water partition coefficient (Wildman–Crippen LogP) is 4.66. The summed E-state index contributed by atoms with van der Waals surface area (Å²) in [6.07, 6.45) is 8.65. The molecule has 0 radical (unpaired) electrons. The lowest BCUT2D eigenvalue weighted by Crippen LogP contribution is -2.61. The van der Waals surface area contributed by atoms with E-state index in [4.69, 9.17) is 0 Å². The Morgan fingerprint density at radius 1 is 1.14 bits per heavy atom. The van der Waals surface area contributed by atoms with Gasteiger partial charge in [0.2, 0.25) is 0 Å². The second kappa shape index (κ2) is 7.78. The first-order chi connectivity index (χ1) is 9.60. The molecule has 2 nitrogen and oxygen atoms in total.